The minimum Gasteiger partial charge on any atom is -0.382 e. The molecule has 1 atom stereocenters. The summed E-state index contributed by atoms with van der Waals surface area (Å²) in [4.78, 5) is 0. The molecule has 0 aliphatic rings. The molecule has 1 rings (SSSR count). The fourth-order valence-electron chi connectivity index (χ4n) is 1.94. The maximum Gasteiger partial charge on any atom is 0.0481 e. The predicted molar refractivity (Wildman–Crippen MR) is 76.5 cm³/mol. The summed E-state index contributed by atoms with van der Waals surface area (Å²) in [6.45, 7) is 7.95. The van der Waals surface area contributed by atoms with Gasteiger partial charge in [-0.1, -0.05) is 38.1 Å². The van der Waals surface area contributed by atoms with Gasteiger partial charge in [-0.25, -0.2) is 0 Å². The van der Waals surface area contributed by atoms with Gasteiger partial charge in [0, 0.05) is 19.3 Å². The van der Waals surface area contributed by atoms with E-state index >= 15 is 0 Å². The van der Waals surface area contributed by atoms with E-state index in [4.69, 9.17) is 10.6 Å². The minimum absolute atomic E-state index is 0.279. The molecule has 102 valence electrons. The number of ether oxygens (including phenoxy) is 1. The molecule has 0 fully saturated rings. The second-order valence-corrected chi connectivity index (χ2v) is 4.95. The second kappa shape index (κ2) is 8.25. The molecular formula is C15H26N2O. The highest BCUT2D eigenvalue weighted by molar-refractivity contribution is 5.25. The fraction of sp³-hybridized carbons (Fsp3) is 0.600. The van der Waals surface area contributed by atoms with Crippen LogP contribution in [-0.2, 0) is 11.2 Å². The van der Waals surface area contributed by atoms with Gasteiger partial charge in [0.15, 0.2) is 0 Å². The monoisotopic (exact) mass is 250 g/mol. The third-order valence-corrected chi connectivity index (χ3v) is 3.18. The van der Waals surface area contributed by atoms with E-state index in [-0.39, 0.29) is 6.04 Å². The molecule has 0 spiro atoms. The lowest BCUT2D eigenvalue weighted by Gasteiger charge is -2.16. The first kappa shape index (κ1) is 15.2. The van der Waals surface area contributed by atoms with Crippen molar-refractivity contribution in [1.82, 2.24) is 5.43 Å². The number of hydrogen-bond acceptors (Lipinski definition) is 3. The Morgan fingerprint density at radius 2 is 1.89 bits per heavy atom. The molecule has 1 unspecified atom stereocenters. The molecule has 0 aromatic heterocycles. The molecular weight excluding hydrogens is 224 g/mol. The highest BCUT2D eigenvalue weighted by atomic mass is 16.5. The lowest BCUT2D eigenvalue weighted by atomic mass is 9.98. The first-order chi connectivity index (χ1) is 8.67. The van der Waals surface area contributed by atoms with Crippen LogP contribution in [0.2, 0.25) is 0 Å². The highest BCUT2D eigenvalue weighted by Gasteiger charge is 2.08. The van der Waals surface area contributed by atoms with E-state index in [0.29, 0.717) is 5.92 Å². The van der Waals surface area contributed by atoms with Crippen molar-refractivity contribution in [3.8, 4) is 0 Å². The standard InChI is InChI=1S/C15H26N2O/c1-4-18-10-9-15(17-16)11-13-5-7-14(8-6-13)12(2)3/h5-8,12,15,17H,4,9-11,16H2,1-3H3. The highest BCUT2D eigenvalue weighted by Crippen LogP contribution is 2.15. The molecule has 3 nitrogen and oxygen atoms in total. The Balaban J connectivity index is 2.48. The van der Waals surface area contributed by atoms with Gasteiger partial charge in [-0.05, 0) is 36.8 Å². The van der Waals surface area contributed by atoms with Gasteiger partial charge in [-0.3, -0.25) is 11.3 Å². The third-order valence-electron chi connectivity index (χ3n) is 3.18. The Morgan fingerprint density at radius 3 is 2.39 bits per heavy atom. The molecule has 0 saturated heterocycles. The molecule has 0 amide bonds. The van der Waals surface area contributed by atoms with Crippen LogP contribution in [0.3, 0.4) is 0 Å². The average Bonchev–Trinajstić information content (AvgIpc) is 2.38. The minimum atomic E-state index is 0.279. The Labute approximate surface area is 111 Å². The van der Waals surface area contributed by atoms with Crippen LogP contribution < -0.4 is 11.3 Å². The summed E-state index contributed by atoms with van der Waals surface area (Å²) in [5.41, 5.74) is 5.57. The van der Waals surface area contributed by atoms with Gasteiger partial charge in [0.2, 0.25) is 0 Å². The molecule has 1 aromatic carbocycles. The Hall–Kier alpha value is -0.900. The van der Waals surface area contributed by atoms with Crippen LogP contribution in [0.15, 0.2) is 24.3 Å². The van der Waals surface area contributed by atoms with Gasteiger partial charge in [-0.15, -0.1) is 0 Å². The summed E-state index contributed by atoms with van der Waals surface area (Å²) in [5, 5.41) is 0. The van der Waals surface area contributed by atoms with Gasteiger partial charge in [0.1, 0.15) is 0 Å². The molecule has 0 bridgehead atoms. The van der Waals surface area contributed by atoms with E-state index in [1.54, 1.807) is 0 Å². The Bertz CT molecular complexity index is 322. The first-order valence-corrected chi connectivity index (χ1v) is 6.80. The van der Waals surface area contributed by atoms with Gasteiger partial charge >= 0.3 is 0 Å². The predicted octanol–water partition coefficient (Wildman–Crippen LogP) is 2.61. The lowest BCUT2D eigenvalue weighted by molar-refractivity contribution is 0.136. The largest absolute Gasteiger partial charge is 0.382 e. The normalized spacial score (nSPS) is 12.9. The Morgan fingerprint density at radius 1 is 1.22 bits per heavy atom. The van der Waals surface area contributed by atoms with Crippen LogP contribution in [0.4, 0.5) is 0 Å². The van der Waals surface area contributed by atoms with Gasteiger partial charge in [-0.2, -0.15) is 0 Å². The molecule has 0 aliphatic heterocycles. The average molecular weight is 250 g/mol. The summed E-state index contributed by atoms with van der Waals surface area (Å²) in [7, 11) is 0. The van der Waals surface area contributed by atoms with Crippen LogP contribution in [0, 0.1) is 0 Å². The van der Waals surface area contributed by atoms with E-state index in [2.05, 4.69) is 43.5 Å². The van der Waals surface area contributed by atoms with Crippen molar-refractivity contribution >= 4 is 0 Å². The molecule has 3 N–H and O–H groups in total. The summed E-state index contributed by atoms with van der Waals surface area (Å²) in [6, 6.07) is 9.08. The number of benzene rings is 1. The first-order valence-electron chi connectivity index (χ1n) is 6.80. The van der Waals surface area contributed by atoms with Crippen LogP contribution in [0.1, 0.15) is 44.2 Å². The van der Waals surface area contributed by atoms with E-state index < -0.39 is 0 Å². The zero-order valence-corrected chi connectivity index (χ0v) is 11.8. The number of hydrogen-bond donors (Lipinski definition) is 2. The van der Waals surface area contributed by atoms with Crippen molar-refractivity contribution in [1.29, 1.82) is 0 Å². The van der Waals surface area contributed by atoms with Gasteiger partial charge in [0.05, 0.1) is 0 Å². The zero-order chi connectivity index (χ0) is 13.4. The quantitative estimate of drug-likeness (QED) is 0.423. The number of nitrogens with two attached hydrogens (primary N) is 1. The maximum atomic E-state index is 5.58. The number of hydrazine groups is 1. The van der Waals surface area contributed by atoms with Crippen molar-refractivity contribution in [2.24, 2.45) is 5.84 Å². The fourth-order valence-corrected chi connectivity index (χ4v) is 1.94. The van der Waals surface area contributed by atoms with Crippen molar-refractivity contribution in [3.05, 3.63) is 35.4 Å². The Kier molecular flexibility index (Phi) is 6.94. The van der Waals surface area contributed by atoms with Crippen molar-refractivity contribution in [2.45, 2.75) is 45.6 Å². The SMILES string of the molecule is CCOCCC(Cc1ccc(C(C)C)cc1)NN. The van der Waals surface area contributed by atoms with E-state index in [0.717, 1.165) is 26.1 Å². The molecule has 1 aromatic rings. The van der Waals surface area contributed by atoms with Crippen molar-refractivity contribution < 1.29 is 4.74 Å². The van der Waals surface area contributed by atoms with Crippen molar-refractivity contribution in [2.75, 3.05) is 13.2 Å². The van der Waals surface area contributed by atoms with E-state index in [1.165, 1.54) is 11.1 Å². The summed E-state index contributed by atoms with van der Waals surface area (Å²) in [5.74, 6) is 6.16. The molecule has 0 aliphatic carbocycles. The molecule has 0 heterocycles. The zero-order valence-electron chi connectivity index (χ0n) is 11.8. The van der Waals surface area contributed by atoms with Crippen LogP contribution in [0.25, 0.3) is 0 Å². The van der Waals surface area contributed by atoms with E-state index in [1.807, 2.05) is 6.92 Å². The van der Waals surface area contributed by atoms with Crippen LogP contribution >= 0.6 is 0 Å². The smallest absolute Gasteiger partial charge is 0.0481 e. The third kappa shape index (κ3) is 5.17. The summed E-state index contributed by atoms with van der Waals surface area (Å²) in [6.07, 6.45) is 1.89. The van der Waals surface area contributed by atoms with Crippen LogP contribution in [0.5, 0.6) is 0 Å². The molecule has 3 heteroatoms. The van der Waals surface area contributed by atoms with E-state index in [9.17, 15) is 0 Å². The number of nitrogens with one attached hydrogen (secondary N) is 1. The molecule has 0 radical (unpaired) electrons. The van der Waals surface area contributed by atoms with Crippen molar-refractivity contribution in [3.63, 3.8) is 0 Å². The maximum absolute atomic E-state index is 5.58. The van der Waals surface area contributed by atoms with Gasteiger partial charge in [0.25, 0.3) is 0 Å². The topological polar surface area (TPSA) is 47.3 Å². The molecule has 18 heavy (non-hydrogen) atoms. The lowest BCUT2D eigenvalue weighted by Crippen LogP contribution is -2.37. The number of rotatable bonds is 8. The second-order valence-electron chi connectivity index (χ2n) is 4.95. The summed E-state index contributed by atoms with van der Waals surface area (Å²) < 4.78 is 5.36. The summed E-state index contributed by atoms with van der Waals surface area (Å²) >= 11 is 0. The van der Waals surface area contributed by atoms with Crippen LogP contribution in [-0.4, -0.2) is 19.3 Å². The molecule has 0 saturated carbocycles. The van der Waals surface area contributed by atoms with Gasteiger partial charge < -0.3 is 4.74 Å².